The third-order valence-corrected chi connectivity index (χ3v) is 3.17. The topological polar surface area (TPSA) is 62.4 Å². The highest BCUT2D eigenvalue weighted by Gasteiger charge is 2.46. The smallest absolute Gasteiger partial charge is 0.309 e. The quantitative estimate of drug-likeness (QED) is 0.651. The zero-order valence-corrected chi connectivity index (χ0v) is 8.36. The number of epoxide rings is 2. The van der Waals surface area contributed by atoms with Gasteiger partial charge in [-0.3, -0.25) is 4.79 Å². The molecule has 0 aromatic carbocycles. The van der Waals surface area contributed by atoms with E-state index in [-0.39, 0.29) is 12.2 Å². The zero-order valence-electron chi connectivity index (χ0n) is 8.36. The van der Waals surface area contributed by atoms with Crippen molar-refractivity contribution in [3.63, 3.8) is 0 Å². The molecule has 2 heterocycles. The summed E-state index contributed by atoms with van der Waals surface area (Å²) in [6.07, 6.45) is 2.27. The van der Waals surface area contributed by atoms with Crippen molar-refractivity contribution in [2.75, 3.05) is 13.2 Å². The minimum absolute atomic E-state index is 0.171. The van der Waals surface area contributed by atoms with Crippen LogP contribution in [0, 0.1) is 5.41 Å². The molecule has 0 aromatic heterocycles. The van der Waals surface area contributed by atoms with Crippen molar-refractivity contribution < 1.29 is 19.4 Å². The number of ether oxygens (including phenoxy) is 2. The van der Waals surface area contributed by atoms with Crippen LogP contribution in [0.5, 0.6) is 0 Å². The second-order valence-corrected chi connectivity index (χ2v) is 4.26. The predicted molar refractivity (Wildman–Crippen MR) is 49.1 cm³/mol. The average molecular weight is 200 g/mol. The molecule has 2 atom stereocenters. The van der Waals surface area contributed by atoms with E-state index in [1.165, 1.54) is 0 Å². The summed E-state index contributed by atoms with van der Waals surface area (Å²) in [5, 5.41) is 9.27. The van der Waals surface area contributed by atoms with Gasteiger partial charge in [0.05, 0.1) is 30.8 Å². The maximum Gasteiger partial charge on any atom is 0.309 e. The lowest BCUT2D eigenvalue weighted by molar-refractivity contribution is -0.150. The summed E-state index contributed by atoms with van der Waals surface area (Å²) in [5.74, 6) is -0.703. The number of rotatable bonds is 6. The molecule has 0 aromatic rings. The monoisotopic (exact) mass is 200 g/mol. The standard InChI is InChI=1S/C10H16O4/c1-2-10(9(11)12,3-7-5-13-7)4-8-6-14-8/h7-8H,2-6H2,1H3,(H,11,12). The van der Waals surface area contributed by atoms with Gasteiger partial charge in [0.25, 0.3) is 0 Å². The van der Waals surface area contributed by atoms with Crippen LogP contribution in [0.2, 0.25) is 0 Å². The van der Waals surface area contributed by atoms with Crippen molar-refractivity contribution in [3.8, 4) is 0 Å². The lowest BCUT2D eigenvalue weighted by Crippen LogP contribution is -2.33. The van der Waals surface area contributed by atoms with E-state index in [2.05, 4.69) is 0 Å². The van der Waals surface area contributed by atoms with Crippen molar-refractivity contribution in [2.45, 2.75) is 38.4 Å². The average Bonchev–Trinajstić information content (AvgIpc) is 2.97. The maximum atomic E-state index is 11.3. The van der Waals surface area contributed by atoms with Gasteiger partial charge >= 0.3 is 5.97 Å². The molecule has 4 nitrogen and oxygen atoms in total. The lowest BCUT2D eigenvalue weighted by atomic mass is 9.77. The van der Waals surface area contributed by atoms with Gasteiger partial charge in [0.1, 0.15) is 0 Å². The van der Waals surface area contributed by atoms with E-state index in [0.29, 0.717) is 19.3 Å². The van der Waals surface area contributed by atoms with Crippen LogP contribution in [0.15, 0.2) is 0 Å². The fourth-order valence-corrected chi connectivity index (χ4v) is 1.94. The van der Waals surface area contributed by atoms with Crippen LogP contribution in [0.1, 0.15) is 26.2 Å². The Labute approximate surface area is 83.2 Å². The maximum absolute atomic E-state index is 11.3. The Kier molecular flexibility index (Phi) is 2.49. The molecule has 0 bridgehead atoms. The highest BCUT2D eigenvalue weighted by atomic mass is 16.6. The van der Waals surface area contributed by atoms with Crippen molar-refractivity contribution in [1.29, 1.82) is 0 Å². The normalized spacial score (nSPS) is 33.5. The van der Waals surface area contributed by atoms with Gasteiger partial charge in [-0.05, 0) is 19.3 Å². The van der Waals surface area contributed by atoms with Gasteiger partial charge in [-0.25, -0.2) is 0 Å². The Bertz CT molecular complexity index is 216. The molecule has 0 aliphatic carbocycles. The van der Waals surface area contributed by atoms with Gasteiger partial charge in [0.2, 0.25) is 0 Å². The molecule has 2 aliphatic heterocycles. The first-order valence-electron chi connectivity index (χ1n) is 5.13. The number of carbonyl (C=O) groups is 1. The van der Waals surface area contributed by atoms with Crippen molar-refractivity contribution in [1.82, 2.24) is 0 Å². The fourth-order valence-electron chi connectivity index (χ4n) is 1.94. The number of carboxylic acids is 1. The van der Waals surface area contributed by atoms with E-state index in [1.807, 2.05) is 6.92 Å². The molecule has 0 radical (unpaired) electrons. The molecule has 4 heteroatoms. The van der Waals surface area contributed by atoms with E-state index < -0.39 is 11.4 Å². The largest absolute Gasteiger partial charge is 0.481 e. The minimum atomic E-state index is -0.703. The number of hydrogen-bond acceptors (Lipinski definition) is 3. The Balaban J connectivity index is 2.01. The molecular formula is C10H16O4. The van der Waals surface area contributed by atoms with Crippen molar-refractivity contribution in [2.24, 2.45) is 5.41 Å². The Morgan fingerprint density at radius 1 is 1.36 bits per heavy atom. The molecule has 2 rings (SSSR count). The molecule has 2 saturated heterocycles. The summed E-state index contributed by atoms with van der Waals surface area (Å²) in [6, 6.07) is 0. The second-order valence-electron chi connectivity index (χ2n) is 4.26. The Morgan fingerprint density at radius 3 is 2.00 bits per heavy atom. The molecule has 14 heavy (non-hydrogen) atoms. The van der Waals surface area contributed by atoms with Crippen LogP contribution in [-0.4, -0.2) is 36.5 Å². The first kappa shape index (κ1) is 9.93. The lowest BCUT2D eigenvalue weighted by Gasteiger charge is -2.26. The van der Waals surface area contributed by atoms with Crippen LogP contribution in [0.25, 0.3) is 0 Å². The van der Waals surface area contributed by atoms with Gasteiger partial charge in [-0.2, -0.15) is 0 Å². The summed E-state index contributed by atoms with van der Waals surface area (Å²) in [7, 11) is 0. The third-order valence-electron chi connectivity index (χ3n) is 3.17. The van der Waals surface area contributed by atoms with Crippen LogP contribution in [0.3, 0.4) is 0 Å². The van der Waals surface area contributed by atoms with E-state index in [1.54, 1.807) is 0 Å². The summed E-state index contributed by atoms with van der Waals surface area (Å²) in [4.78, 5) is 11.3. The van der Waals surface area contributed by atoms with Crippen LogP contribution >= 0.6 is 0 Å². The Hall–Kier alpha value is -0.610. The Morgan fingerprint density at radius 2 is 1.79 bits per heavy atom. The molecule has 2 aliphatic rings. The van der Waals surface area contributed by atoms with Gasteiger partial charge < -0.3 is 14.6 Å². The molecular weight excluding hydrogens is 184 g/mol. The van der Waals surface area contributed by atoms with Gasteiger partial charge in [0, 0.05) is 0 Å². The van der Waals surface area contributed by atoms with Crippen LogP contribution in [-0.2, 0) is 14.3 Å². The van der Waals surface area contributed by atoms with E-state index in [0.717, 1.165) is 13.2 Å². The van der Waals surface area contributed by atoms with Crippen LogP contribution in [0.4, 0.5) is 0 Å². The molecule has 2 unspecified atom stereocenters. The summed E-state index contributed by atoms with van der Waals surface area (Å²) >= 11 is 0. The number of hydrogen-bond donors (Lipinski definition) is 1. The third kappa shape index (κ3) is 2.07. The molecule has 0 saturated carbocycles. The second kappa shape index (κ2) is 3.51. The highest BCUT2D eigenvalue weighted by Crippen LogP contribution is 2.40. The molecule has 1 N–H and O–H groups in total. The summed E-state index contributed by atoms with van der Waals surface area (Å²) in [6.45, 7) is 3.37. The van der Waals surface area contributed by atoms with Crippen molar-refractivity contribution >= 4 is 5.97 Å². The molecule has 2 fully saturated rings. The minimum Gasteiger partial charge on any atom is -0.481 e. The first-order valence-corrected chi connectivity index (χ1v) is 5.13. The number of carboxylic acid groups (broad SMARTS) is 1. The number of aliphatic carboxylic acids is 1. The summed E-state index contributed by atoms with van der Waals surface area (Å²) < 4.78 is 10.2. The van der Waals surface area contributed by atoms with Crippen LogP contribution < -0.4 is 0 Å². The summed E-state index contributed by atoms with van der Waals surface area (Å²) in [5.41, 5.74) is -0.623. The first-order chi connectivity index (χ1) is 6.66. The van der Waals surface area contributed by atoms with E-state index in [9.17, 15) is 9.90 Å². The molecule has 0 amide bonds. The zero-order chi connectivity index (χ0) is 10.2. The molecule has 80 valence electrons. The fraction of sp³-hybridized carbons (Fsp3) is 0.900. The van der Waals surface area contributed by atoms with E-state index >= 15 is 0 Å². The SMILES string of the molecule is CCC(CC1CO1)(CC1CO1)C(=O)O. The molecule has 0 spiro atoms. The highest BCUT2D eigenvalue weighted by molar-refractivity contribution is 5.74. The van der Waals surface area contributed by atoms with Gasteiger partial charge in [-0.15, -0.1) is 0 Å². The van der Waals surface area contributed by atoms with Crippen molar-refractivity contribution in [3.05, 3.63) is 0 Å². The van der Waals surface area contributed by atoms with Gasteiger partial charge in [0.15, 0.2) is 0 Å². The van der Waals surface area contributed by atoms with Gasteiger partial charge in [-0.1, -0.05) is 6.92 Å². The van der Waals surface area contributed by atoms with E-state index in [4.69, 9.17) is 9.47 Å². The predicted octanol–water partition coefficient (Wildman–Crippen LogP) is 1.05.